The molecule has 160 valence electrons. The number of carbonyl (C=O) groups is 1. The first kappa shape index (κ1) is 21.2. The minimum Gasteiger partial charge on any atom is -0.497 e. The summed E-state index contributed by atoms with van der Waals surface area (Å²) < 4.78 is 12.5. The van der Waals surface area contributed by atoms with Crippen molar-refractivity contribution in [3.63, 3.8) is 0 Å². The average molecular weight is 412 g/mol. The van der Waals surface area contributed by atoms with Gasteiger partial charge in [-0.05, 0) is 44.4 Å². The Balaban J connectivity index is 1.49. The maximum absolute atomic E-state index is 12.2. The SMILES string of the molecule is COc1ccc(NC(=O)NCCCCn2cnc3c(N)nc(C)c(C)c32)c(OC)c1. The summed E-state index contributed by atoms with van der Waals surface area (Å²) in [4.78, 5) is 20.9. The van der Waals surface area contributed by atoms with Crippen LogP contribution in [0.25, 0.3) is 11.0 Å². The Morgan fingerprint density at radius 2 is 2.00 bits per heavy atom. The summed E-state index contributed by atoms with van der Waals surface area (Å²) in [5.74, 6) is 1.66. The van der Waals surface area contributed by atoms with E-state index in [0.29, 0.717) is 29.5 Å². The summed E-state index contributed by atoms with van der Waals surface area (Å²) in [6.45, 7) is 5.32. The van der Waals surface area contributed by atoms with Gasteiger partial charge in [-0.3, -0.25) is 0 Å². The van der Waals surface area contributed by atoms with Crippen LogP contribution in [0.5, 0.6) is 11.5 Å². The summed E-state index contributed by atoms with van der Waals surface area (Å²) in [5.41, 5.74) is 10.3. The van der Waals surface area contributed by atoms with Crippen molar-refractivity contribution in [3.05, 3.63) is 35.8 Å². The fourth-order valence-corrected chi connectivity index (χ4v) is 3.30. The third-order valence-corrected chi connectivity index (χ3v) is 5.03. The molecule has 3 aromatic rings. The zero-order chi connectivity index (χ0) is 21.7. The van der Waals surface area contributed by atoms with Crippen LogP contribution < -0.4 is 25.8 Å². The highest BCUT2D eigenvalue weighted by Gasteiger charge is 2.12. The molecule has 9 nitrogen and oxygen atoms in total. The highest BCUT2D eigenvalue weighted by molar-refractivity contribution is 5.91. The van der Waals surface area contributed by atoms with Crippen LogP contribution in [0, 0.1) is 13.8 Å². The van der Waals surface area contributed by atoms with E-state index in [4.69, 9.17) is 15.2 Å². The summed E-state index contributed by atoms with van der Waals surface area (Å²) >= 11 is 0. The van der Waals surface area contributed by atoms with Crippen molar-refractivity contribution < 1.29 is 14.3 Å². The van der Waals surface area contributed by atoms with Gasteiger partial charge in [0.05, 0.1) is 31.8 Å². The number of pyridine rings is 1. The van der Waals surface area contributed by atoms with Crippen molar-refractivity contribution in [1.82, 2.24) is 19.9 Å². The molecule has 4 N–H and O–H groups in total. The van der Waals surface area contributed by atoms with Crippen LogP contribution in [0.2, 0.25) is 0 Å². The van der Waals surface area contributed by atoms with Gasteiger partial charge in [-0.1, -0.05) is 0 Å². The second-order valence-corrected chi connectivity index (χ2v) is 7.00. The molecule has 0 spiro atoms. The van der Waals surface area contributed by atoms with Gasteiger partial charge in [-0.15, -0.1) is 0 Å². The number of nitrogens with one attached hydrogen (secondary N) is 2. The van der Waals surface area contributed by atoms with Crippen LogP contribution in [0.15, 0.2) is 24.5 Å². The van der Waals surface area contributed by atoms with Gasteiger partial charge in [0.25, 0.3) is 0 Å². The molecule has 2 heterocycles. The number of urea groups is 1. The third-order valence-electron chi connectivity index (χ3n) is 5.03. The van der Waals surface area contributed by atoms with E-state index in [1.54, 1.807) is 38.7 Å². The lowest BCUT2D eigenvalue weighted by atomic mass is 10.2. The molecule has 0 saturated heterocycles. The van der Waals surface area contributed by atoms with E-state index in [0.717, 1.165) is 41.7 Å². The Labute approximate surface area is 175 Å². The molecule has 0 aliphatic heterocycles. The molecule has 2 aromatic heterocycles. The molecule has 30 heavy (non-hydrogen) atoms. The van der Waals surface area contributed by atoms with Gasteiger partial charge < -0.3 is 30.4 Å². The maximum atomic E-state index is 12.2. The number of methoxy groups -OCH3 is 2. The lowest BCUT2D eigenvalue weighted by molar-refractivity contribution is 0.251. The standard InChI is InChI=1S/C21H28N6O3/c1-13-14(2)25-20(22)18-19(13)27(12-24-18)10-6-5-9-23-21(28)26-16-8-7-15(29-3)11-17(16)30-4/h7-8,11-12H,5-6,9-10H2,1-4H3,(H2,22,25)(H2,23,26,28). The minimum atomic E-state index is -0.281. The lowest BCUT2D eigenvalue weighted by Crippen LogP contribution is -2.29. The molecule has 0 aliphatic carbocycles. The van der Waals surface area contributed by atoms with Crippen molar-refractivity contribution in [2.75, 3.05) is 31.8 Å². The van der Waals surface area contributed by atoms with E-state index in [2.05, 4.69) is 25.2 Å². The van der Waals surface area contributed by atoms with Crippen LogP contribution in [0.1, 0.15) is 24.1 Å². The number of anilines is 2. The first-order chi connectivity index (χ1) is 14.4. The Morgan fingerprint density at radius 1 is 1.20 bits per heavy atom. The van der Waals surface area contributed by atoms with Gasteiger partial charge in [-0.25, -0.2) is 14.8 Å². The molecule has 0 radical (unpaired) electrons. The normalized spacial score (nSPS) is 10.8. The van der Waals surface area contributed by atoms with E-state index in [9.17, 15) is 4.79 Å². The number of hydrogen-bond donors (Lipinski definition) is 3. The lowest BCUT2D eigenvalue weighted by Gasteiger charge is -2.12. The highest BCUT2D eigenvalue weighted by Crippen LogP contribution is 2.29. The molecule has 0 aliphatic rings. The smallest absolute Gasteiger partial charge is 0.319 e. The Bertz CT molecular complexity index is 1050. The van der Waals surface area contributed by atoms with E-state index in [1.165, 1.54) is 0 Å². The van der Waals surface area contributed by atoms with Crippen molar-refractivity contribution in [3.8, 4) is 11.5 Å². The number of aryl methyl sites for hydroxylation is 3. The number of hydrogen-bond acceptors (Lipinski definition) is 6. The zero-order valence-corrected chi connectivity index (χ0v) is 17.8. The second kappa shape index (κ2) is 9.34. The predicted molar refractivity (Wildman–Crippen MR) is 117 cm³/mol. The van der Waals surface area contributed by atoms with Crippen molar-refractivity contribution in [2.45, 2.75) is 33.2 Å². The van der Waals surface area contributed by atoms with E-state index < -0.39 is 0 Å². The number of ether oxygens (including phenoxy) is 2. The van der Waals surface area contributed by atoms with E-state index >= 15 is 0 Å². The first-order valence-corrected chi connectivity index (χ1v) is 9.79. The number of nitrogens with zero attached hydrogens (tertiary/aromatic N) is 3. The number of imidazole rings is 1. The largest absolute Gasteiger partial charge is 0.497 e. The summed E-state index contributed by atoms with van der Waals surface area (Å²) in [7, 11) is 3.13. The molecular weight excluding hydrogens is 384 g/mol. The molecule has 0 fully saturated rings. The number of unbranched alkanes of at least 4 members (excludes halogenated alkanes) is 1. The highest BCUT2D eigenvalue weighted by atomic mass is 16.5. The monoisotopic (exact) mass is 412 g/mol. The van der Waals surface area contributed by atoms with Gasteiger partial charge >= 0.3 is 6.03 Å². The molecule has 2 amide bonds. The number of benzene rings is 1. The number of carbonyl (C=O) groups excluding carboxylic acids is 1. The second-order valence-electron chi connectivity index (χ2n) is 7.00. The Kier molecular flexibility index (Phi) is 6.61. The van der Waals surface area contributed by atoms with Crippen LogP contribution in [-0.2, 0) is 6.54 Å². The topological polar surface area (TPSA) is 116 Å². The van der Waals surface area contributed by atoms with Gasteiger partial charge in [-0.2, -0.15) is 0 Å². The summed E-state index contributed by atoms with van der Waals surface area (Å²) in [6.07, 6.45) is 3.51. The third kappa shape index (κ3) is 4.56. The van der Waals surface area contributed by atoms with Crippen molar-refractivity contribution >= 4 is 28.6 Å². The number of aromatic nitrogens is 3. The maximum Gasteiger partial charge on any atom is 0.319 e. The van der Waals surface area contributed by atoms with Crippen molar-refractivity contribution in [2.24, 2.45) is 0 Å². The molecule has 0 unspecified atom stereocenters. The molecule has 0 atom stereocenters. The Hall–Kier alpha value is -3.49. The zero-order valence-electron chi connectivity index (χ0n) is 17.8. The quantitative estimate of drug-likeness (QED) is 0.489. The van der Waals surface area contributed by atoms with Crippen LogP contribution >= 0.6 is 0 Å². The van der Waals surface area contributed by atoms with Gasteiger partial charge in [0.2, 0.25) is 0 Å². The van der Waals surface area contributed by atoms with Gasteiger partial charge in [0, 0.05) is 24.8 Å². The number of amides is 2. The van der Waals surface area contributed by atoms with E-state index in [-0.39, 0.29) is 6.03 Å². The summed E-state index contributed by atoms with van der Waals surface area (Å²) in [6, 6.07) is 4.94. The van der Waals surface area contributed by atoms with Crippen LogP contribution in [0.3, 0.4) is 0 Å². The molecule has 3 rings (SSSR count). The number of nitrogens with two attached hydrogens (primary N) is 1. The number of rotatable bonds is 8. The van der Waals surface area contributed by atoms with Crippen LogP contribution in [-0.4, -0.2) is 41.3 Å². The van der Waals surface area contributed by atoms with Gasteiger partial charge in [0.15, 0.2) is 5.82 Å². The number of fused-ring (bicyclic) bond motifs is 1. The molecule has 9 heteroatoms. The predicted octanol–water partition coefficient (Wildman–Crippen LogP) is 3.25. The molecule has 0 bridgehead atoms. The summed E-state index contributed by atoms with van der Waals surface area (Å²) in [5, 5.41) is 5.66. The van der Waals surface area contributed by atoms with E-state index in [1.807, 2.05) is 13.8 Å². The molecular formula is C21H28N6O3. The minimum absolute atomic E-state index is 0.281. The van der Waals surface area contributed by atoms with Gasteiger partial charge in [0.1, 0.15) is 17.0 Å². The fraction of sp³-hybridized carbons (Fsp3) is 0.381. The first-order valence-electron chi connectivity index (χ1n) is 9.79. The fourth-order valence-electron chi connectivity index (χ4n) is 3.30. The average Bonchev–Trinajstić information content (AvgIpc) is 3.16. The van der Waals surface area contributed by atoms with Crippen LogP contribution in [0.4, 0.5) is 16.3 Å². The van der Waals surface area contributed by atoms with Crippen molar-refractivity contribution in [1.29, 1.82) is 0 Å². The molecule has 1 aromatic carbocycles. The molecule has 0 saturated carbocycles. The Morgan fingerprint density at radius 3 is 2.73 bits per heavy atom. The number of nitrogen functional groups attached to an aromatic ring is 1.